The zero-order valence-corrected chi connectivity index (χ0v) is 17.8. The number of rotatable bonds is 8. The highest BCUT2D eigenvalue weighted by Crippen LogP contribution is 2.30. The van der Waals surface area contributed by atoms with Gasteiger partial charge in [0.1, 0.15) is 11.6 Å². The fourth-order valence-electron chi connectivity index (χ4n) is 4.14. The minimum Gasteiger partial charge on any atom is -0.393 e. The average molecular weight is 412 g/mol. The summed E-state index contributed by atoms with van der Waals surface area (Å²) < 4.78 is 0. The van der Waals surface area contributed by atoms with Crippen LogP contribution < -0.4 is 15.5 Å². The van der Waals surface area contributed by atoms with Gasteiger partial charge in [0.2, 0.25) is 5.95 Å². The number of aliphatic hydroxyl groups is 1. The van der Waals surface area contributed by atoms with Crippen molar-refractivity contribution in [1.29, 1.82) is 0 Å². The van der Waals surface area contributed by atoms with Crippen molar-refractivity contribution < 1.29 is 5.11 Å². The van der Waals surface area contributed by atoms with Crippen molar-refractivity contribution in [2.45, 2.75) is 70.4 Å². The van der Waals surface area contributed by atoms with Gasteiger partial charge in [0, 0.05) is 31.9 Å². The van der Waals surface area contributed by atoms with E-state index in [9.17, 15) is 5.11 Å². The van der Waals surface area contributed by atoms with Gasteiger partial charge in [0.05, 0.1) is 29.8 Å². The minimum atomic E-state index is -0.179. The lowest BCUT2D eigenvalue weighted by Crippen LogP contribution is -2.29. The van der Waals surface area contributed by atoms with Gasteiger partial charge < -0.3 is 20.6 Å². The van der Waals surface area contributed by atoms with Gasteiger partial charge in [0.15, 0.2) is 0 Å². The van der Waals surface area contributed by atoms with E-state index in [1.54, 1.807) is 6.20 Å². The molecule has 0 unspecified atom stereocenters. The minimum absolute atomic E-state index is 0.179. The normalized spacial score (nSPS) is 21.6. The Bertz CT molecular complexity index is 817. The molecule has 0 spiro atoms. The molecule has 8 nitrogen and oxygen atoms in total. The number of anilines is 3. The molecule has 2 aromatic heterocycles. The summed E-state index contributed by atoms with van der Waals surface area (Å²) in [6.45, 7) is 5.09. The maximum atomic E-state index is 9.84. The molecule has 1 saturated carbocycles. The van der Waals surface area contributed by atoms with Gasteiger partial charge in [-0.2, -0.15) is 4.98 Å². The van der Waals surface area contributed by atoms with E-state index in [0.29, 0.717) is 12.0 Å². The molecular formula is C22H33N7O. The third-order valence-corrected chi connectivity index (χ3v) is 5.97. The van der Waals surface area contributed by atoms with Crippen molar-refractivity contribution in [1.82, 2.24) is 19.9 Å². The largest absolute Gasteiger partial charge is 0.393 e. The second kappa shape index (κ2) is 10.0. The number of hydrogen-bond donors (Lipinski definition) is 3. The van der Waals surface area contributed by atoms with E-state index in [2.05, 4.69) is 32.4 Å². The van der Waals surface area contributed by atoms with Crippen LogP contribution in [-0.4, -0.2) is 56.8 Å². The molecular weight excluding hydrogens is 378 g/mol. The Kier molecular flexibility index (Phi) is 6.94. The molecule has 2 aliphatic rings. The summed E-state index contributed by atoms with van der Waals surface area (Å²) in [5.41, 5.74) is 1.66. The topological polar surface area (TPSA) is 99.1 Å². The molecule has 1 saturated heterocycles. The SMILES string of the molecule is CCCCNc1ncc(-c2cncc(N3CCCC3)n2)c(N[C@H]2CC[C@H](O)CC2)n1. The summed E-state index contributed by atoms with van der Waals surface area (Å²) in [6, 6.07) is 0.292. The Hall–Kier alpha value is -2.48. The summed E-state index contributed by atoms with van der Waals surface area (Å²) in [5.74, 6) is 2.34. The van der Waals surface area contributed by atoms with Crippen molar-refractivity contribution in [2.24, 2.45) is 0 Å². The lowest BCUT2D eigenvalue weighted by molar-refractivity contribution is 0.126. The quantitative estimate of drug-likeness (QED) is 0.568. The van der Waals surface area contributed by atoms with Gasteiger partial charge >= 0.3 is 0 Å². The van der Waals surface area contributed by atoms with Crippen LogP contribution in [0.2, 0.25) is 0 Å². The number of hydrogen-bond acceptors (Lipinski definition) is 8. The Morgan fingerprint density at radius 2 is 1.87 bits per heavy atom. The first-order chi connectivity index (χ1) is 14.7. The lowest BCUT2D eigenvalue weighted by atomic mass is 9.93. The molecule has 162 valence electrons. The Morgan fingerprint density at radius 3 is 2.63 bits per heavy atom. The molecule has 30 heavy (non-hydrogen) atoms. The molecule has 0 atom stereocenters. The van der Waals surface area contributed by atoms with Crippen molar-refractivity contribution in [2.75, 3.05) is 35.2 Å². The van der Waals surface area contributed by atoms with E-state index in [1.165, 1.54) is 12.8 Å². The number of nitrogens with one attached hydrogen (secondary N) is 2. The highest BCUT2D eigenvalue weighted by molar-refractivity contribution is 5.73. The van der Waals surface area contributed by atoms with Crippen LogP contribution in [0.3, 0.4) is 0 Å². The first kappa shape index (κ1) is 20.8. The number of aromatic nitrogens is 4. The van der Waals surface area contributed by atoms with Crippen LogP contribution in [-0.2, 0) is 0 Å². The van der Waals surface area contributed by atoms with Crippen molar-refractivity contribution in [3.8, 4) is 11.3 Å². The predicted octanol–water partition coefficient (Wildman–Crippen LogP) is 3.46. The third-order valence-electron chi connectivity index (χ3n) is 5.97. The standard InChI is InChI=1S/C22H33N7O/c1-2-3-10-24-22-25-13-18(21(28-22)26-16-6-8-17(30)9-7-16)19-14-23-15-20(27-19)29-11-4-5-12-29/h13-17,30H,2-12H2,1H3,(H2,24,25,26,28)/t16-,17-. The molecule has 2 aromatic rings. The van der Waals surface area contributed by atoms with Crippen molar-refractivity contribution in [3.05, 3.63) is 18.6 Å². The highest BCUT2D eigenvalue weighted by atomic mass is 16.3. The molecule has 2 fully saturated rings. The van der Waals surface area contributed by atoms with E-state index in [0.717, 1.165) is 81.1 Å². The average Bonchev–Trinajstić information content (AvgIpc) is 3.31. The fourth-order valence-corrected chi connectivity index (χ4v) is 4.14. The highest BCUT2D eigenvalue weighted by Gasteiger charge is 2.22. The summed E-state index contributed by atoms with van der Waals surface area (Å²) in [5, 5.41) is 16.8. The molecule has 1 aliphatic heterocycles. The number of aliphatic hydroxyl groups excluding tert-OH is 1. The maximum absolute atomic E-state index is 9.84. The number of unbranched alkanes of at least 4 members (excludes halogenated alkanes) is 1. The summed E-state index contributed by atoms with van der Waals surface area (Å²) in [7, 11) is 0. The van der Waals surface area contributed by atoms with Crippen LogP contribution in [0.1, 0.15) is 58.3 Å². The van der Waals surface area contributed by atoms with Gasteiger partial charge in [0.25, 0.3) is 0 Å². The summed E-state index contributed by atoms with van der Waals surface area (Å²) in [4.78, 5) is 20.9. The van der Waals surface area contributed by atoms with Gasteiger partial charge in [-0.25, -0.2) is 9.97 Å². The van der Waals surface area contributed by atoms with Gasteiger partial charge in [-0.05, 0) is 44.9 Å². The van der Waals surface area contributed by atoms with E-state index in [1.807, 2.05) is 12.4 Å². The second-order valence-corrected chi connectivity index (χ2v) is 8.34. The van der Waals surface area contributed by atoms with Crippen LogP contribution in [0.5, 0.6) is 0 Å². The van der Waals surface area contributed by atoms with Crippen molar-refractivity contribution >= 4 is 17.6 Å². The number of nitrogens with zero attached hydrogens (tertiary/aromatic N) is 5. The van der Waals surface area contributed by atoms with Gasteiger partial charge in [-0.1, -0.05) is 13.3 Å². The van der Waals surface area contributed by atoms with Crippen LogP contribution in [0.25, 0.3) is 11.3 Å². The van der Waals surface area contributed by atoms with Crippen LogP contribution in [0, 0.1) is 0 Å². The zero-order valence-electron chi connectivity index (χ0n) is 17.8. The Labute approximate surface area is 178 Å². The summed E-state index contributed by atoms with van der Waals surface area (Å²) in [6.07, 6.45) is 13.4. The van der Waals surface area contributed by atoms with Gasteiger partial charge in [-0.3, -0.25) is 4.98 Å². The van der Waals surface area contributed by atoms with E-state index >= 15 is 0 Å². The third kappa shape index (κ3) is 5.16. The monoisotopic (exact) mass is 411 g/mol. The fraction of sp³-hybridized carbons (Fsp3) is 0.636. The molecule has 1 aliphatic carbocycles. The van der Waals surface area contributed by atoms with Gasteiger partial charge in [-0.15, -0.1) is 0 Å². The Balaban J connectivity index is 1.59. The Morgan fingerprint density at radius 1 is 1.07 bits per heavy atom. The molecule has 3 heterocycles. The molecule has 3 N–H and O–H groups in total. The summed E-state index contributed by atoms with van der Waals surface area (Å²) >= 11 is 0. The molecule has 0 bridgehead atoms. The maximum Gasteiger partial charge on any atom is 0.224 e. The van der Waals surface area contributed by atoms with E-state index in [4.69, 9.17) is 9.97 Å². The molecule has 8 heteroatoms. The second-order valence-electron chi connectivity index (χ2n) is 8.34. The molecule has 0 aromatic carbocycles. The van der Waals surface area contributed by atoms with Crippen LogP contribution in [0.4, 0.5) is 17.6 Å². The van der Waals surface area contributed by atoms with Crippen LogP contribution in [0.15, 0.2) is 18.6 Å². The first-order valence-corrected chi connectivity index (χ1v) is 11.4. The smallest absolute Gasteiger partial charge is 0.224 e. The van der Waals surface area contributed by atoms with Crippen molar-refractivity contribution in [3.63, 3.8) is 0 Å². The van der Waals surface area contributed by atoms with E-state index in [-0.39, 0.29) is 6.10 Å². The molecule has 0 amide bonds. The molecule has 0 radical (unpaired) electrons. The zero-order chi connectivity index (χ0) is 20.8. The lowest BCUT2D eigenvalue weighted by Gasteiger charge is -2.27. The van der Waals surface area contributed by atoms with Crippen LogP contribution >= 0.6 is 0 Å². The van der Waals surface area contributed by atoms with E-state index < -0.39 is 0 Å². The molecule has 4 rings (SSSR count). The first-order valence-electron chi connectivity index (χ1n) is 11.4. The predicted molar refractivity (Wildman–Crippen MR) is 120 cm³/mol.